The Morgan fingerprint density at radius 3 is 2.41 bits per heavy atom. The fourth-order valence-corrected chi connectivity index (χ4v) is 4.55. The Balaban J connectivity index is 2.10. The Hall–Kier alpha value is -1.59. The normalized spacial score (nSPS) is 16.6. The number of nitrogens with zero attached hydrogens (tertiary/aromatic N) is 2. The monoisotopic (exact) mass is 432 g/mol. The standard InChI is InChI=1S/C22H29BrN2O2/c1-7-18(8-2)25-12-26-16(6)20-19(25)11-15(5)24-22(20)27-21-13(3)9-17(23)10-14(21)4/h9-11,16,18H,7-8,12H2,1-6H3. The van der Waals surface area contributed by atoms with Crippen molar-refractivity contribution >= 4 is 21.6 Å². The molecule has 0 saturated heterocycles. The van der Waals surface area contributed by atoms with E-state index in [2.05, 4.69) is 73.6 Å². The van der Waals surface area contributed by atoms with Gasteiger partial charge in [-0.1, -0.05) is 29.8 Å². The molecule has 5 heteroatoms. The van der Waals surface area contributed by atoms with Gasteiger partial charge in [0.15, 0.2) is 0 Å². The Bertz CT molecular complexity index is 810. The van der Waals surface area contributed by atoms with E-state index in [0.717, 1.165) is 45.4 Å². The molecule has 1 aliphatic heterocycles. The Kier molecular flexibility index (Phi) is 6.11. The van der Waals surface area contributed by atoms with Gasteiger partial charge in [0.2, 0.25) is 5.88 Å². The molecule has 27 heavy (non-hydrogen) atoms. The summed E-state index contributed by atoms with van der Waals surface area (Å²) in [6, 6.07) is 6.75. The number of aromatic nitrogens is 1. The Morgan fingerprint density at radius 1 is 1.19 bits per heavy atom. The van der Waals surface area contributed by atoms with E-state index >= 15 is 0 Å². The number of pyridine rings is 1. The van der Waals surface area contributed by atoms with Crippen molar-refractivity contribution in [3.05, 3.63) is 45.1 Å². The van der Waals surface area contributed by atoms with Crippen LogP contribution in [0.15, 0.2) is 22.7 Å². The average Bonchev–Trinajstić information content (AvgIpc) is 2.60. The molecule has 0 N–H and O–H groups in total. The molecule has 0 saturated carbocycles. The first-order chi connectivity index (χ1) is 12.8. The summed E-state index contributed by atoms with van der Waals surface area (Å²) in [7, 11) is 0. The second kappa shape index (κ2) is 8.19. The third-order valence-corrected chi connectivity index (χ3v) is 5.77. The maximum Gasteiger partial charge on any atom is 0.227 e. The third kappa shape index (κ3) is 3.99. The Labute approximate surface area is 171 Å². The van der Waals surface area contributed by atoms with Crippen molar-refractivity contribution < 1.29 is 9.47 Å². The predicted octanol–water partition coefficient (Wildman–Crippen LogP) is 6.61. The fourth-order valence-electron chi connectivity index (χ4n) is 3.87. The van der Waals surface area contributed by atoms with E-state index in [0.29, 0.717) is 18.7 Å². The molecule has 4 nitrogen and oxygen atoms in total. The number of ether oxygens (including phenoxy) is 2. The molecular weight excluding hydrogens is 404 g/mol. The molecule has 1 atom stereocenters. The van der Waals surface area contributed by atoms with Crippen LogP contribution < -0.4 is 9.64 Å². The lowest BCUT2D eigenvalue weighted by Crippen LogP contribution is -2.40. The largest absolute Gasteiger partial charge is 0.438 e. The van der Waals surface area contributed by atoms with Crippen LogP contribution in [0.25, 0.3) is 0 Å². The topological polar surface area (TPSA) is 34.6 Å². The maximum atomic E-state index is 6.40. The van der Waals surface area contributed by atoms with Gasteiger partial charge in [0.25, 0.3) is 0 Å². The van der Waals surface area contributed by atoms with Crippen molar-refractivity contribution in [2.45, 2.75) is 66.5 Å². The first-order valence-electron chi connectivity index (χ1n) is 9.70. The SMILES string of the molecule is CCC(CC)N1COC(C)c2c1cc(C)nc2Oc1c(C)cc(Br)cc1C. The number of benzene rings is 1. The molecule has 1 aliphatic rings. The van der Waals surface area contributed by atoms with Gasteiger partial charge < -0.3 is 14.4 Å². The minimum absolute atomic E-state index is 0.0511. The second-order valence-electron chi connectivity index (χ2n) is 7.35. The molecule has 146 valence electrons. The summed E-state index contributed by atoms with van der Waals surface area (Å²) in [4.78, 5) is 7.10. The van der Waals surface area contributed by atoms with E-state index in [9.17, 15) is 0 Å². The van der Waals surface area contributed by atoms with Crippen LogP contribution >= 0.6 is 15.9 Å². The van der Waals surface area contributed by atoms with Crippen LogP contribution in [0.5, 0.6) is 11.6 Å². The average molecular weight is 433 g/mol. The van der Waals surface area contributed by atoms with Crippen LogP contribution in [0.4, 0.5) is 5.69 Å². The molecule has 2 heterocycles. The molecule has 0 radical (unpaired) electrons. The van der Waals surface area contributed by atoms with Crippen LogP contribution in [0, 0.1) is 20.8 Å². The third-order valence-electron chi connectivity index (χ3n) is 5.32. The molecule has 2 aromatic rings. The lowest BCUT2D eigenvalue weighted by molar-refractivity contribution is 0.0486. The van der Waals surface area contributed by atoms with Crippen molar-refractivity contribution in [1.29, 1.82) is 0 Å². The number of halogens is 1. The quantitative estimate of drug-likeness (QED) is 0.532. The summed E-state index contributed by atoms with van der Waals surface area (Å²) in [6.45, 7) is 13.3. The number of rotatable bonds is 5. The van der Waals surface area contributed by atoms with Crippen molar-refractivity contribution in [1.82, 2.24) is 4.98 Å². The minimum Gasteiger partial charge on any atom is -0.438 e. The van der Waals surface area contributed by atoms with Crippen LogP contribution in [0.2, 0.25) is 0 Å². The molecule has 0 fully saturated rings. The van der Waals surface area contributed by atoms with Crippen molar-refractivity contribution in [3.8, 4) is 11.6 Å². The fraction of sp³-hybridized carbons (Fsp3) is 0.500. The molecule has 0 amide bonds. The summed E-state index contributed by atoms with van der Waals surface area (Å²) in [5, 5.41) is 0. The van der Waals surface area contributed by atoms with Gasteiger partial charge in [-0.25, -0.2) is 4.98 Å². The van der Waals surface area contributed by atoms with Gasteiger partial charge in [0, 0.05) is 16.2 Å². The molecule has 1 aromatic heterocycles. The molecule has 0 bridgehead atoms. The minimum atomic E-state index is -0.0511. The highest BCUT2D eigenvalue weighted by Crippen LogP contribution is 2.43. The first kappa shape index (κ1) is 20.2. The molecule has 1 unspecified atom stereocenters. The predicted molar refractivity (Wildman–Crippen MR) is 114 cm³/mol. The van der Waals surface area contributed by atoms with Gasteiger partial charge in [-0.3, -0.25) is 0 Å². The number of anilines is 1. The summed E-state index contributed by atoms with van der Waals surface area (Å²) in [5.74, 6) is 1.52. The van der Waals surface area contributed by atoms with Crippen LogP contribution in [0.1, 0.15) is 62.1 Å². The van der Waals surface area contributed by atoms with E-state index in [4.69, 9.17) is 14.5 Å². The van der Waals surface area contributed by atoms with Crippen LogP contribution in [-0.4, -0.2) is 17.8 Å². The number of fused-ring (bicyclic) bond motifs is 1. The van der Waals surface area contributed by atoms with E-state index < -0.39 is 0 Å². The zero-order valence-corrected chi connectivity index (χ0v) is 18.7. The molecule has 3 rings (SSSR count). The zero-order valence-electron chi connectivity index (χ0n) is 17.1. The van der Waals surface area contributed by atoms with Gasteiger partial charge in [-0.05, 0) is 69.9 Å². The molecule has 0 spiro atoms. The maximum absolute atomic E-state index is 6.40. The van der Waals surface area contributed by atoms with E-state index in [1.165, 1.54) is 5.69 Å². The van der Waals surface area contributed by atoms with Gasteiger partial charge in [0.1, 0.15) is 12.5 Å². The second-order valence-corrected chi connectivity index (χ2v) is 8.27. The highest BCUT2D eigenvalue weighted by atomic mass is 79.9. The summed E-state index contributed by atoms with van der Waals surface area (Å²) >= 11 is 3.56. The van der Waals surface area contributed by atoms with Gasteiger partial charge >= 0.3 is 0 Å². The van der Waals surface area contributed by atoms with Crippen molar-refractivity contribution in [2.24, 2.45) is 0 Å². The molecule has 1 aromatic carbocycles. The highest BCUT2D eigenvalue weighted by molar-refractivity contribution is 9.10. The lowest BCUT2D eigenvalue weighted by Gasteiger charge is -2.39. The van der Waals surface area contributed by atoms with Gasteiger partial charge in [0.05, 0.1) is 17.4 Å². The number of hydrogen-bond acceptors (Lipinski definition) is 4. The van der Waals surface area contributed by atoms with Crippen LogP contribution in [-0.2, 0) is 4.74 Å². The summed E-state index contributed by atoms with van der Waals surface area (Å²) in [6.07, 6.45) is 2.11. The molecule has 0 aliphatic carbocycles. The summed E-state index contributed by atoms with van der Waals surface area (Å²) < 4.78 is 13.6. The Morgan fingerprint density at radius 2 is 1.81 bits per heavy atom. The van der Waals surface area contributed by atoms with Gasteiger partial charge in [-0.2, -0.15) is 0 Å². The van der Waals surface area contributed by atoms with Crippen molar-refractivity contribution in [3.63, 3.8) is 0 Å². The lowest BCUT2D eigenvalue weighted by atomic mass is 10.0. The van der Waals surface area contributed by atoms with Crippen molar-refractivity contribution in [2.75, 3.05) is 11.6 Å². The number of aryl methyl sites for hydroxylation is 3. The molecular formula is C22H29BrN2O2. The van der Waals surface area contributed by atoms with Crippen LogP contribution in [0.3, 0.4) is 0 Å². The highest BCUT2D eigenvalue weighted by Gasteiger charge is 2.31. The summed E-state index contributed by atoms with van der Waals surface area (Å²) in [5.41, 5.74) is 5.36. The first-order valence-corrected chi connectivity index (χ1v) is 10.5. The van der Waals surface area contributed by atoms with E-state index in [1.54, 1.807) is 0 Å². The number of hydrogen-bond donors (Lipinski definition) is 0. The van der Waals surface area contributed by atoms with E-state index in [-0.39, 0.29) is 6.10 Å². The zero-order chi connectivity index (χ0) is 19.7. The van der Waals surface area contributed by atoms with E-state index in [1.807, 2.05) is 6.92 Å². The smallest absolute Gasteiger partial charge is 0.227 e. The van der Waals surface area contributed by atoms with Gasteiger partial charge in [-0.15, -0.1) is 0 Å².